The third kappa shape index (κ3) is 5.26. The fraction of sp³-hybridized carbons (Fsp3) is 0.261. The van der Waals surface area contributed by atoms with Crippen molar-refractivity contribution in [3.63, 3.8) is 0 Å². The molecule has 0 atom stereocenters. The van der Waals surface area contributed by atoms with Crippen molar-refractivity contribution < 1.29 is 19.1 Å². The second-order valence-corrected chi connectivity index (χ2v) is 8.08. The summed E-state index contributed by atoms with van der Waals surface area (Å²) in [5, 5.41) is 12.1. The molecule has 182 valence electrons. The van der Waals surface area contributed by atoms with Crippen LogP contribution in [0.15, 0.2) is 49.1 Å². The van der Waals surface area contributed by atoms with Gasteiger partial charge in [-0.3, -0.25) is 14.3 Å². The Labute approximate surface area is 206 Å². The van der Waals surface area contributed by atoms with E-state index in [0.717, 1.165) is 0 Å². The summed E-state index contributed by atoms with van der Waals surface area (Å²) in [6.45, 7) is 0.822. The minimum atomic E-state index is -0.427. The van der Waals surface area contributed by atoms with Crippen molar-refractivity contribution in [1.82, 2.24) is 29.3 Å². The third-order valence-electron chi connectivity index (χ3n) is 5.30. The van der Waals surface area contributed by atoms with Crippen LogP contribution in [0.5, 0.6) is 5.75 Å². The summed E-state index contributed by atoms with van der Waals surface area (Å²) in [5.74, 6) is -0.0840. The number of nitrogens with zero attached hydrogens (tertiary/aromatic N) is 6. The summed E-state index contributed by atoms with van der Waals surface area (Å²) in [4.78, 5) is 31.6. The minimum absolute atomic E-state index is 0.0375. The average molecular weight is 498 g/mol. The molecule has 0 aliphatic carbocycles. The van der Waals surface area contributed by atoms with Crippen LogP contribution in [0.25, 0.3) is 16.9 Å². The molecule has 0 saturated carbocycles. The van der Waals surface area contributed by atoms with Crippen LogP contribution in [0.3, 0.4) is 0 Å². The van der Waals surface area contributed by atoms with E-state index in [-0.39, 0.29) is 18.0 Å². The Morgan fingerprint density at radius 1 is 1.26 bits per heavy atom. The number of fused-ring (bicyclic) bond motifs is 1. The van der Waals surface area contributed by atoms with Crippen LogP contribution in [-0.2, 0) is 16.1 Å². The van der Waals surface area contributed by atoms with Gasteiger partial charge < -0.3 is 19.7 Å². The normalized spacial score (nSPS) is 11.0. The van der Waals surface area contributed by atoms with Crippen LogP contribution in [0, 0.1) is 0 Å². The molecule has 0 aliphatic rings. The molecule has 0 fully saturated rings. The summed E-state index contributed by atoms with van der Waals surface area (Å²) in [7, 11) is 4.79. The van der Waals surface area contributed by atoms with Crippen LogP contribution >= 0.6 is 11.6 Å². The number of ether oxygens (including phenoxy) is 2. The molecule has 4 rings (SSSR count). The van der Waals surface area contributed by atoms with Crippen molar-refractivity contribution in [3.8, 4) is 17.0 Å². The largest absolute Gasteiger partial charge is 0.496 e. The number of nitrogens with one attached hydrogen (secondary N) is 1. The summed E-state index contributed by atoms with van der Waals surface area (Å²) in [6.07, 6.45) is 6.32. The SMILES string of the molecule is COCCN(C)C(=O)Cn1cc(NC(=O)c2cnn3cccnc23)c(-c2cc(Cl)ccc2OC)n1. The molecule has 2 amide bonds. The lowest BCUT2D eigenvalue weighted by Crippen LogP contribution is -2.32. The topological polar surface area (TPSA) is 116 Å². The van der Waals surface area contributed by atoms with E-state index in [9.17, 15) is 9.59 Å². The number of halogens is 1. The number of hydrogen-bond donors (Lipinski definition) is 1. The summed E-state index contributed by atoms with van der Waals surface area (Å²) in [5.41, 5.74) is 2.03. The number of amides is 2. The average Bonchev–Trinajstić information content (AvgIpc) is 3.46. The molecule has 1 N–H and O–H groups in total. The number of likely N-dealkylation sites (N-methyl/N-ethyl adjacent to an activating group) is 1. The fourth-order valence-corrected chi connectivity index (χ4v) is 3.62. The third-order valence-corrected chi connectivity index (χ3v) is 5.54. The number of benzene rings is 1. The Balaban J connectivity index is 1.70. The number of hydrogen-bond acceptors (Lipinski definition) is 7. The standard InChI is InChI=1S/C23H24ClN7O4/c1-29(9-10-34-2)20(32)14-30-13-18(21(28-30)16-11-15(24)5-6-19(16)35-3)27-23(33)17-12-26-31-8-4-7-25-22(17)31/h4-8,11-13H,9-10,14H2,1-3H3,(H,27,33). The number of carbonyl (C=O) groups excluding carboxylic acids is 2. The van der Waals surface area contributed by atoms with Gasteiger partial charge in [-0.1, -0.05) is 11.6 Å². The van der Waals surface area contributed by atoms with Crippen molar-refractivity contribution in [2.45, 2.75) is 6.54 Å². The number of carbonyl (C=O) groups is 2. The highest BCUT2D eigenvalue weighted by molar-refractivity contribution is 6.31. The first-order chi connectivity index (χ1) is 16.9. The predicted octanol–water partition coefficient (Wildman–Crippen LogP) is 2.61. The highest BCUT2D eigenvalue weighted by Gasteiger charge is 2.22. The molecule has 0 aliphatic heterocycles. The maximum Gasteiger partial charge on any atom is 0.261 e. The molecule has 0 unspecified atom stereocenters. The van der Waals surface area contributed by atoms with Gasteiger partial charge in [0.05, 0.1) is 25.6 Å². The molecular formula is C23H24ClN7O4. The maximum absolute atomic E-state index is 13.2. The molecule has 4 aromatic rings. The second kappa shape index (κ2) is 10.5. The van der Waals surface area contributed by atoms with Crippen molar-refractivity contribution in [3.05, 3.63) is 59.6 Å². The van der Waals surface area contributed by atoms with E-state index in [0.29, 0.717) is 46.5 Å². The number of aromatic nitrogens is 5. The van der Waals surface area contributed by atoms with Gasteiger partial charge in [-0.05, 0) is 24.3 Å². The second-order valence-electron chi connectivity index (χ2n) is 7.64. The number of rotatable bonds is 9. The zero-order chi connectivity index (χ0) is 24.9. The van der Waals surface area contributed by atoms with Gasteiger partial charge >= 0.3 is 0 Å². The molecule has 35 heavy (non-hydrogen) atoms. The van der Waals surface area contributed by atoms with E-state index < -0.39 is 5.91 Å². The summed E-state index contributed by atoms with van der Waals surface area (Å²) in [6, 6.07) is 6.81. The highest BCUT2D eigenvalue weighted by Crippen LogP contribution is 2.36. The van der Waals surface area contributed by atoms with Gasteiger partial charge in [0.2, 0.25) is 5.91 Å². The Morgan fingerprint density at radius 2 is 2.09 bits per heavy atom. The summed E-state index contributed by atoms with van der Waals surface area (Å²) < 4.78 is 13.5. The van der Waals surface area contributed by atoms with Gasteiger partial charge in [-0.15, -0.1) is 0 Å². The molecular weight excluding hydrogens is 474 g/mol. The Morgan fingerprint density at radius 3 is 2.86 bits per heavy atom. The maximum atomic E-state index is 13.2. The van der Waals surface area contributed by atoms with Crippen LogP contribution in [-0.4, -0.2) is 75.5 Å². The van der Waals surface area contributed by atoms with Gasteiger partial charge in [-0.2, -0.15) is 10.2 Å². The van der Waals surface area contributed by atoms with E-state index >= 15 is 0 Å². The first-order valence-electron chi connectivity index (χ1n) is 10.6. The highest BCUT2D eigenvalue weighted by atomic mass is 35.5. The molecule has 3 aromatic heterocycles. The van der Waals surface area contributed by atoms with Crippen molar-refractivity contribution in [2.24, 2.45) is 0 Å². The van der Waals surface area contributed by atoms with Crippen molar-refractivity contribution >= 4 is 34.7 Å². The van der Waals surface area contributed by atoms with E-state index in [1.54, 1.807) is 61.9 Å². The van der Waals surface area contributed by atoms with Crippen molar-refractivity contribution in [1.29, 1.82) is 0 Å². The van der Waals surface area contributed by atoms with Gasteiger partial charge in [0.1, 0.15) is 23.6 Å². The minimum Gasteiger partial charge on any atom is -0.496 e. The Kier molecular flexibility index (Phi) is 7.28. The summed E-state index contributed by atoms with van der Waals surface area (Å²) >= 11 is 6.24. The van der Waals surface area contributed by atoms with Gasteiger partial charge in [0, 0.05) is 49.9 Å². The quantitative estimate of drug-likeness (QED) is 0.378. The lowest BCUT2D eigenvalue weighted by molar-refractivity contribution is -0.131. The molecule has 0 radical (unpaired) electrons. The van der Waals surface area contributed by atoms with Gasteiger partial charge in [-0.25, -0.2) is 9.50 Å². The molecule has 0 bridgehead atoms. The molecule has 3 heterocycles. The molecule has 1 aromatic carbocycles. The molecule has 12 heteroatoms. The Hall–Kier alpha value is -3.96. The van der Waals surface area contributed by atoms with Crippen LogP contribution in [0.4, 0.5) is 5.69 Å². The zero-order valence-corrected chi connectivity index (χ0v) is 20.2. The lowest BCUT2D eigenvalue weighted by Gasteiger charge is -2.16. The number of methoxy groups -OCH3 is 2. The fourth-order valence-electron chi connectivity index (χ4n) is 3.45. The van der Waals surface area contributed by atoms with E-state index in [2.05, 4.69) is 20.5 Å². The van der Waals surface area contributed by atoms with Crippen LogP contribution in [0.1, 0.15) is 10.4 Å². The van der Waals surface area contributed by atoms with E-state index in [1.165, 1.54) is 22.5 Å². The smallest absolute Gasteiger partial charge is 0.261 e. The van der Waals surface area contributed by atoms with Crippen LogP contribution < -0.4 is 10.1 Å². The molecule has 0 saturated heterocycles. The molecule has 11 nitrogen and oxygen atoms in total. The first kappa shape index (κ1) is 24.2. The predicted molar refractivity (Wildman–Crippen MR) is 130 cm³/mol. The molecule has 0 spiro atoms. The lowest BCUT2D eigenvalue weighted by atomic mass is 10.1. The van der Waals surface area contributed by atoms with E-state index in [1.807, 2.05) is 0 Å². The first-order valence-corrected chi connectivity index (χ1v) is 11.0. The van der Waals surface area contributed by atoms with Gasteiger partial charge in [0.25, 0.3) is 5.91 Å². The van der Waals surface area contributed by atoms with Crippen LogP contribution in [0.2, 0.25) is 5.02 Å². The van der Waals surface area contributed by atoms with E-state index in [4.69, 9.17) is 21.1 Å². The van der Waals surface area contributed by atoms with Gasteiger partial charge in [0.15, 0.2) is 5.65 Å². The number of anilines is 1. The Bertz CT molecular complexity index is 1370. The van der Waals surface area contributed by atoms with Crippen molar-refractivity contribution in [2.75, 3.05) is 39.7 Å². The zero-order valence-electron chi connectivity index (χ0n) is 19.4. The monoisotopic (exact) mass is 497 g/mol.